The van der Waals surface area contributed by atoms with Gasteiger partial charge in [0.15, 0.2) is 6.29 Å². The SMILES string of the molecule is CCCCCCCCCCCCCCCCCCCCCCCCCCCC/C=C/CC/C=C/C(O)C(COC1OC(CO)C(O)C(O)C1O)NC(=O)CCCCCCCCCCCCCCCCCC. The van der Waals surface area contributed by atoms with Gasteiger partial charge in [-0.15, -0.1) is 0 Å². The standard InChI is InChI=1S/C62H119NO8/c1-3-5-7-9-11-13-15-17-19-21-22-23-24-25-26-27-28-29-30-31-32-33-34-35-36-37-39-41-43-45-47-49-51-56(65)55(54-70-62-61(69)60(68)59(67)57(53-64)71-62)63-58(66)52-50-48-46-44-42-40-38-20-18-16-14-12-10-8-6-4-2/h41,43,49,51,55-57,59-62,64-65,67-69H,3-40,42,44-48,50,52-54H2,1-2H3,(H,63,66)/b43-41+,51-49+. The molecule has 1 saturated heterocycles. The van der Waals surface area contributed by atoms with E-state index in [2.05, 4.69) is 31.3 Å². The summed E-state index contributed by atoms with van der Waals surface area (Å²) in [5, 5.41) is 54.5. The van der Waals surface area contributed by atoms with E-state index in [0.29, 0.717) is 6.42 Å². The molecule has 9 heteroatoms. The molecule has 7 unspecified atom stereocenters. The van der Waals surface area contributed by atoms with Crippen molar-refractivity contribution in [1.29, 1.82) is 0 Å². The van der Waals surface area contributed by atoms with Gasteiger partial charge in [0.25, 0.3) is 0 Å². The first-order valence-corrected chi connectivity index (χ1v) is 31.1. The van der Waals surface area contributed by atoms with E-state index in [0.717, 1.165) is 38.5 Å². The van der Waals surface area contributed by atoms with Gasteiger partial charge in [-0.05, 0) is 32.1 Å². The van der Waals surface area contributed by atoms with E-state index >= 15 is 0 Å². The van der Waals surface area contributed by atoms with Crippen molar-refractivity contribution in [1.82, 2.24) is 5.32 Å². The van der Waals surface area contributed by atoms with Crippen LogP contribution in [0.3, 0.4) is 0 Å². The summed E-state index contributed by atoms with van der Waals surface area (Å²) in [5.74, 6) is -0.181. The van der Waals surface area contributed by atoms with Crippen molar-refractivity contribution >= 4 is 5.91 Å². The molecule has 1 heterocycles. The zero-order valence-corrected chi connectivity index (χ0v) is 46.8. The third kappa shape index (κ3) is 41.6. The minimum absolute atomic E-state index is 0.181. The van der Waals surface area contributed by atoms with Crippen molar-refractivity contribution in [3.63, 3.8) is 0 Å². The zero-order chi connectivity index (χ0) is 51.5. The predicted octanol–water partition coefficient (Wildman–Crippen LogP) is 15.7. The molecule has 1 aliphatic heterocycles. The summed E-state index contributed by atoms with van der Waals surface area (Å²) in [5.41, 5.74) is 0. The lowest BCUT2D eigenvalue weighted by molar-refractivity contribution is -0.302. The number of ether oxygens (including phenoxy) is 2. The van der Waals surface area contributed by atoms with Crippen molar-refractivity contribution in [2.75, 3.05) is 13.2 Å². The number of amides is 1. The Balaban J connectivity index is 2.16. The molecule has 7 atom stereocenters. The summed E-state index contributed by atoms with van der Waals surface area (Å²) in [6.45, 7) is 3.80. The normalized spacial score (nSPS) is 19.3. The number of aliphatic hydroxyl groups excluding tert-OH is 5. The maximum atomic E-state index is 13.0. The van der Waals surface area contributed by atoms with Crippen LogP contribution in [0.15, 0.2) is 24.3 Å². The number of hydrogen-bond acceptors (Lipinski definition) is 8. The van der Waals surface area contributed by atoms with Gasteiger partial charge < -0.3 is 40.3 Å². The molecule has 1 rings (SSSR count). The van der Waals surface area contributed by atoms with Crippen molar-refractivity contribution in [2.24, 2.45) is 0 Å². The summed E-state index contributed by atoms with van der Waals surface area (Å²) in [6, 6.07) is -0.818. The first-order valence-electron chi connectivity index (χ1n) is 31.1. The van der Waals surface area contributed by atoms with Gasteiger partial charge in [-0.3, -0.25) is 4.79 Å². The van der Waals surface area contributed by atoms with E-state index in [1.165, 1.54) is 250 Å². The summed E-state index contributed by atoms with van der Waals surface area (Å²) >= 11 is 0. The average molecular weight is 1010 g/mol. The highest BCUT2D eigenvalue weighted by Gasteiger charge is 2.44. The first kappa shape index (κ1) is 67.7. The fourth-order valence-corrected chi connectivity index (χ4v) is 10.1. The Hall–Kier alpha value is -1.33. The summed E-state index contributed by atoms with van der Waals surface area (Å²) in [6.07, 6.45) is 59.9. The van der Waals surface area contributed by atoms with Crippen LogP contribution in [0.4, 0.5) is 0 Å². The molecule has 0 aliphatic carbocycles. The Morgan fingerprint density at radius 3 is 1.18 bits per heavy atom. The van der Waals surface area contributed by atoms with Crippen LogP contribution in [-0.2, 0) is 14.3 Å². The lowest BCUT2D eigenvalue weighted by Crippen LogP contribution is -2.60. The van der Waals surface area contributed by atoms with Crippen LogP contribution in [0.1, 0.15) is 309 Å². The van der Waals surface area contributed by atoms with Crippen LogP contribution < -0.4 is 5.32 Å². The van der Waals surface area contributed by atoms with E-state index in [1.54, 1.807) is 6.08 Å². The summed E-state index contributed by atoms with van der Waals surface area (Å²) in [7, 11) is 0. The molecule has 71 heavy (non-hydrogen) atoms. The fraction of sp³-hybridized carbons (Fsp3) is 0.919. The van der Waals surface area contributed by atoms with Crippen molar-refractivity contribution in [2.45, 2.75) is 352 Å². The molecule has 0 aromatic carbocycles. The zero-order valence-electron chi connectivity index (χ0n) is 46.8. The molecule has 0 aromatic heterocycles. The number of carbonyl (C=O) groups excluding carboxylic acids is 1. The molecular weight excluding hydrogens is 887 g/mol. The Morgan fingerprint density at radius 2 is 0.803 bits per heavy atom. The van der Waals surface area contributed by atoms with Crippen LogP contribution in [0.5, 0.6) is 0 Å². The lowest BCUT2D eigenvalue weighted by Gasteiger charge is -2.40. The van der Waals surface area contributed by atoms with Crippen molar-refractivity contribution < 1.29 is 39.8 Å². The third-order valence-corrected chi connectivity index (χ3v) is 15.0. The maximum absolute atomic E-state index is 13.0. The predicted molar refractivity (Wildman–Crippen MR) is 300 cm³/mol. The molecule has 1 fully saturated rings. The van der Waals surface area contributed by atoms with Gasteiger partial charge >= 0.3 is 0 Å². The van der Waals surface area contributed by atoms with Crippen molar-refractivity contribution in [3.8, 4) is 0 Å². The Bertz CT molecular complexity index is 1170. The molecule has 1 amide bonds. The molecule has 9 nitrogen and oxygen atoms in total. The van der Waals surface area contributed by atoms with E-state index < -0.39 is 49.5 Å². The number of hydrogen-bond donors (Lipinski definition) is 6. The van der Waals surface area contributed by atoms with E-state index in [-0.39, 0.29) is 12.5 Å². The van der Waals surface area contributed by atoms with Crippen LogP contribution in [0.25, 0.3) is 0 Å². The van der Waals surface area contributed by atoms with Gasteiger partial charge in [0, 0.05) is 6.42 Å². The van der Waals surface area contributed by atoms with E-state index in [9.17, 15) is 30.3 Å². The van der Waals surface area contributed by atoms with Gasteiger partial charge in [0.05, 0.1) is 25.4 Å². The topological polar surface area (TPSA) is 149 Å². The minimum atomic E-state index is -1.57. The van der Waals surface area contributed by atoms with E-state index in [1.807, 2.05) is 6.08 Å². The van der Waals surface area contributed by atoms with Crippen LogP contribution >= 0.6 is 0 Å². The summed E-state index contributed by atoms with van der Waals surface area (Å²) < 4.78 is 11.3. The fourth-order valence-electron chi connectivity index (χ4n) is 10.1. The number of nitrogens with one attached hydrogen (secondary N) is 1. The van der Waals surface area contributed by atoms with Gasteiger partial charge in [0.2, 0.25) is 5.91 Å². The number of allylic oxidation sites excluding steroid dienone is 3. The van der Waals surface area contributed by atoms with Crippen LogP contribution in [-0.4, -0.2) is 87.5 Å². The molecule has 0 spiro atoms. The highest BCUT2D eigenvalue weighted by Crippen LogP contribution is 2.23. The largest absolute Gasteiger partial charge is 0.394 e. The molecule has 0 radical (unpaired) electrons. The van der Waals surface area contributed by atoms with Gasteiger partial charge in [-0.25, -0.2) is 0 Å². The molecule has 420 valence electrons. The second kappa shape index (κ2) is 52.1. The Kier molecular flexibility index (Phi) is 49.7. The highest BCUT2D eigenvalue weighted by molar-refractivity contribution is 5.76. The molecular formula is C62H119NO8. The average Bonchev–Trinajstić information content (AvgIpc) is 3.37. The molecule has 0 bridgehead atoms. The number of aliphatic hydroxyl groups is 5. The van der Waals surface area contributed by atoms with Gasteiger partial charge in [-0.1, -0.05) is 295 Å². The molecule has 0 saturated carbocycles. The first-order chi connectivity index (χ1) is 34.8. The molecule has 1 aliphatic rings. The van der Waals surface area contributed by atoms with Gasteiger partial charge in [-0.2, -0.15) is 0 Å². The van der Waals surface area contributed by atoms with Crippen LogP contribution in [0, 0.1) is 0 Å². The highest BCUT2D eigenvalue weighted by atomic mass is 16.7. The Morgan fingerprint density at radius 1 is 0.465 bits per heavy atom. The molecule has 0 aromatic rings. The number of rotatable bonds is 54. The maximum Gasteiger partial charge on any atom is 0.220 e. The molecule has 6 N–H and O–H groups in total. The van der Waals surface area contributed by atoms with E-state index in [4.69, 9.17) is 9.47 Å². The van der Waals surface area contributed by atoms with Crippen LogP contribution in [0.2, 0.25) is 0 Å². The number of carbonyl (C=O) groups is 1. The minimum Gasteiger partial charge on any atom is -0.394 e. The Labute approximate surface area is 439 Å². The van der Waals surface area contributed by atoms with Gasteiger partial charge in [0.1, 0.15) is 24.4 Å². The second-order valence-corrected chi connectivity index (χ2v) is 21.9. The number of unbranched alkanes of at least 4 members (excludes halogenated alkanes) is 42. The quantitative estimate of drug-likeness (QED) is 0.0261. The second-order valence-electron chi connectivity index (χ2n) is 21.9. The lowest BCUT2D eigenvalue weighted by atomic mass is 9.99. The van der Waals surface area contributed by atoms with Crippen molar-refractivity contribution in [3.05, 3.63) is 24.3 Å². The third-order valence-electron chi connectivity index (χ3n) is 15.0. The summed E-state index contributed by atoms with van der Waals surface area (Å²) in [4.78, 5) is 13.0. The monoisotopic (exact) mass is 1010 g/mol. The smallest absolute Gasteiger partial charge is 0.220 e.